The second-order valence-electron chi connectivity index (χ2n) is 4.24. The van der Waals surface area contributed by atoms with E-state index in [0.717, 1.165) is 21.0 Å². The lowest BCUT2D eigenvalue weighted by Gasteiger charge is -2.10. The number of carbonyl (C=O) groups excluding carboxylic acids is 1. The summed E-state index contributed by atoms with van der Waals surface area (Å²) in [6.45, 7) is 4.02. The molecule has 2 rings (SSSR count). The number of carbonyl (C=O) groups is 1. The SMILES string of the molecule is CCC(C)NC(=O)c1sc2cccc(Br)c2c1N. The average Bonchev–Trinajstić information content (AvgIpc) is 2.68. The number of amides is 1. The fourth-order valence-electron chi connectivity index (χ4n) is 1.69. The summed E-state index contributed by atoms with van der Waals surface area (Å²) >= 11 is 4.90. The molecule has 3 nitrogen and oxygen atoms in total. The maximum Gasteiger partial charge on any atom is 0.263 e. The van der Waals surface area contributed by atoms with Gasteiger partial charge in [0.1, 0.15) is 4.88 Å². The van der Waals surface area contributed by atoms with Gasteiger partial charge >= 0.3 is 0 Å². The minimum atomic E-state index is -0.0880. The van der Waals surface area contributed by atoms with Gasteiger partial charge in [0, 0.05) is 20.6 Å². The number of hydrogen-bond donors (Lipinski definition) is 2. The van der Waals surface area contributed by atoms with Crippen molar-refractivity contribution in [2.24, 2.45) is 0 Å². The third-order valence-electron chi connectivity index (χ3n) is 2.90. The lowest BCUT2D eigenvalue weighted by atomic mass is 10.2. The Morgan fingerprint density at radius 1 is 1.56 bits per heavy atom. The molecular formula is C13H15BrN2OS. The van der Waals surface area contributed by atoms with E-state index in [2.05, 4.69) is 21.2 Å². The van der Waals surface area contributed by atoms with Crippen LogP contribution in [0.2, 0.25) is 0 Å². The topological polar surface area (TPSA) is 55.1 Å². The molecule has 1 heterocycles. The normalized spacial score (nSPS) is 12.6. The van der Waals surface area contributed by atoms with Crippen LogP contribution in [0.25, 0.3) is 10.1 Å². The number of anilines is 1. The number of nitrogens with one attached hydrogen (secondary N) is 1. The first kappa shape index (κ1) is 13.4. The summed E-state index contributed by atoms with van der Waals surface area (Å²) in [6.07, 6.45) is 0.903. The molecule has 1 aromatic heterocycles. The largest absolute Gasteiger partial charge is 0.397 e. The number of benzene rings is 1. The van der Waals surface area contributed by atoms with Crippen molar-refractivity contribution >= 4 is 48.9 Å². The molecule has 1 atom stereocenters. The molecule has 1 aromatic carbocycles. The van der Waals surface area contributed by atoms with Gasteiger partial charge in [-0.25, -0.2) is 0 Å². The monoisotopic (exact) mass is 326 g/mol. The van der Waals surface area contributed by atoms with Crippen LogP contribution in [0.1, 0.15) is 29.9 Å². The van der Waals surface area contributed by atoms with Crippen molar-refractivity contribution in [1.82, 2.24) is 5.32 Å². The number of nitrogen functional groups attached to an aromatic ring is 1. The van der Waals surface area contributed by atoms with E-state index in [9.17, 15) is 4.79 Å². The maximum atomic E-state index is 12.1. The van der Waals surface area contributed by atoms with Gasteiger partial charge in [0.15, 0.2) is 0 Å². The zero-order chi connectivity index (χ0) is 13.3. The Hall–Kier alpha value is -1.07. The summed E-state index contributed by atoms with van der Waals surface area (Å²) in [5.41, 5.74) is 6.64. The fraction of sp³-hybridized carbons (Fsp3) is 0.308. The summed E-state index contributed by atoms with van der Waals surface area (Å²) in [7, 11) is 0. The number of hydrogen-bond acceptors (Lipinski definition) is 3. The summed E-state index contributed by atoms with van der Waals surface area (Å²) in [5.74, 6) is -0.0880. The second kappa shape index (κ2) is 5.28. The van der Waals surface area contributed by atoms with Crippen molar-refractivity contribution in [3.63, 3.8) is 0 Å². The number of rotatable bonds is 3. The molecule has 1 unspecified atom stereocenters. The Labute approximate surface area is 118 Å². The van der Waals surface area contributed by atoms with Crippen LogP contribution in [0.3, 0.4) is 0 Å². The molecule has 1 amide bonds. The van der Waals surface area contributed by atoms with Crippen molar-refractivity contribution in [1.29, 1.82) is 0 Å². The van der Waals surface area contributed by atoms with Gasteiger partial charge < -0.3 is 11.1 Å². The van der Waals surface area contributed by atoms with Gasteiger partial charge in [-0.05, 0) is 25.5 Å². The highest BCUT2D eigenvalue weighted by Gasteiger charge is 2.18. The molecule has 0 radical (unpaired) electrons. The van der Waals surface area contributed by atoms with E-state index in [4.69, 9.17) is 5.73 Å². The van der Waals surface area contributed by atoms with Gasteiger partial charge in [0.2, 0.25) is 0 Å². The predicted octanol–water partition coefficient (Wildman–Crippen LogP) is 3.77. The van der Waals surface area contributed by atoms with Crippen molar-refractivity contribution in [2.75, 3.05) is 5.73 Å². The van der Waals surface area contributed by atoms with E-state index in [-0.39, 0.29) is 11.9 Å². The fourth-order valence-corrected chi connectivity index (χ4v) is 3.45. The molecular weight excluding hydrogens is 312 g/mol. The molecule has 0 saturated carbocycles. The second-order valence-corrected chi connectivity index (χ2v) is 6.15. The summed E-state index contributed by atoms with van der Waals surface area (Å²) in [6, 6.07) is 6.01. The molecule has 96 valence electrons. The average molecular weight is 327 g/mol. The van der Waals surface area contributed by atoms with Crippen LogP contribution in [0, 0.1) is 0 Å². The first-order chi connectivity index (χ1) is 8.54. The molecule has 0 saturated heterocycles. The summed E-state index contributed by atoms with van der Waals surface area (Å²) in [4.78, 5) is 12.7. The maximum absolute atomic E-state index is 12.1. The molecule has 0 bridgehead atoms. The lowest BCUT2D eigenvalue weighted by Crippen LogP contribution is -2.31. The molecule has 0 spiro atoms. The third-order valence-corrected chi connectivity index (χ3v) is 4.73. The van der Waals surface area contributed by atoms with Crippen molar-refractivity contribution in [2.45, 2.75) is 26.3 Å². The highest BCUT2D eigenvalue weighted by Crippen LogP contribution is 2.38. The van der Waals surface area contributed by atoms with Gasteiger partial charge in [-0.2, -0.15) is 0 Å². The molecule has 0 aliphatic carbocycles. The van der Waals surface area contributed by atoms with Crippen LogP contribution in [-0.4, -0.2) is 11.9 Å². The van der Waals surface area contributed by atoms with Crippen LogP contribution in [0.15, 0.2) is 22.7 Å². The Balaban J connectivity index is 2.43. The van der Waals surface area contributed by atoms with E-state index in [1.165, 1.54) is 11.3 Å². The molecule has 2 aromatic rings. The minimum absolute atomic E-state index is 0.0880. The Bertz CT molecular complexity index is 594. The van der Waals surface area contributed by atoms with Crippen LogP contribution >= 0.6 is 27.3 Å². The van der Waals surface area contributed by atoms with E-state index >= 15 is 0 Å². The van der Waals surface area contributed by atoms with Crippen LogP contribution in [0.5, 0.6) is 0 Å². The third kappa shape index (κ3) is 2.37. The molecule has 0 fully saturated rings. The number of thiophene rings is 1. The van der Waals surface area contributed by atoms with Crippen molar-refractivity contribution < 1.29 is 4.79 Å². The number of halogens is 1. The minimum Gasteiger partial charge on any atom is -0.397 e. The standard InChI is InChI=1S/C13H15BrN2OS/c1-3-7(2)16-13(17)12-11(15)10-8(14)5-4-6-9(10)18-12/h4-7H,3,15H2,1-2H3,(H,16,17). The number of nitrogens with two attached hydrogens (primary N) is 1. The van der Waals surface area contributed by atoms with Gasteiger partial charge in [0.25, 0.3) is 5.91 Å². The molecule has 5 heteroatoms. The van der Waals surface area contributed by atoms with Crippen molar-refractivity contribution in [3.8, 4) is 0 Å². The Kier molecular flexibility index (Phi) is 3.92. The van der Waals surface area contributed by atoms with E-state index in [0.29, 0.717) is 10.6 Å². The molecule has 0 aliphatic rings. The lowest BCUT2D eigenvalue weighted by molar-refractivity contribution is 0.0944. The summed E-state index contributed by atoms with van der Waals surface area (Å²) in [5, 5.41) is 3.87. The van der Waals surface area contributed by atoms with E-state index in [1.54, 1.807) is 0 Å². The highest BCUT2D eigenvalue weighted by atomic mass is 79.9. The molecule has 3 N–H and O–H groups in total. The molecule has 0 aliphatic heterocycles. The van der Waals surface area contributed by atoms with Crippen LogP contribution in [-0.2, 0) is 0 Å². The first-order valence-corrected chi connectivity index (χ1v) is 7.42. The highest BCUT2D eigenvalue weighted by molar-refractivity contribution is 9.10. The zero-order valence-electron chi connectivity index (χ0n) is 10.3. The predicted molar refractivity (Wildman–Crippen MR) is 81.2 cm³/mol. The summed E-state index contributed by atoms with van der Waals surface area (Å²) < 4.78 is 1.95. The van der Waals surface area contributed by atoms with Gasteiger partial charge in [-0.3, -0.25) is 4.79 Å². The van der Waals surface area contributed by atoms with Gasteiger partial charge in [0.05, 0.1) is 5.69 Å². The van der Waals surface area contributed by atoms with Crippen molar-refractivity contribution in [3.05, 3.63) is 27.5 Å². The quantitative estimate of drug-likeness (QED) is 0.901. The van der Waals surface area contributed by atoms with E-state index < -0.39 is 0 Å². The van der Waals surface area contributed by atoms with E-state index in [1.807, 2.05) is 32.0 Å². The van der Waals surface area contributed by atoms with Gasteiger partial charge in [-0.15, -0.1) is 11.3 Å². The van der Waals surface area contributed by atoms with Gasteiger partial charge in [-0.1, -0.05) is 28.9 Å². The number of fused-ring (bicyclic) bond motifs is 1. The smallest absolute Gasteiger partial charge is 0.263 e. The Morgan fingerprint density at radius 3 is 2.89 bits per heavy atom. The molecule has 18 heavy (non-hydrogen) atoms. The van der Waals surface area contributed by atoms with Crippen LogP contribution in [0.4, 0.5) is 5.69 Å². The first-order valence-electron chi connectivity index (χ1n) is 5.82. The van der Waals surface area contributed by atoms with Crippen LogP contribution < -0.4 is 11.1 Å². The zero-order valence-corrected chi connectivity index (χ0v) is 12.7. The Morgan fingerprint density at radius 2 is 2.28 bits per heavy atom.